The number of nitrogens with zero attached hydrogens (tertiary/aromatic N) is 1. The number of ether oxygens (including phenoxy) is 1. The van der Waals surface area contributed by atoms with Crippen molar-refractivity contribution in [2.45, 2.75) is 54.4 Å². The summed E-state index contributed by atoms with van der Waals surface area (Å²) in [5.41, 5.74) is 0.366. The normalized spacial score (nSPS) is 24.9. The molecule has 1 aliphatic heterocycles. The molecule has 1 saturated carbocycles. The van der Waals surface area contributed by atoms with E-state index in [1.807, 2.05) is 6.07 Å². The minimum Gasteiger partial charge on any atom is -0.478 e. The van der Waals surface area contributed by atoms with E-state index in [1.165, 1.54) is 31.9 Å². The van der Waals surface area contributed by atoms with Crippen LogP contribution in [0.4, 0.5) is 0 Å². The van der Waals surface area contributed by atoms with Crippen LogP contribution >= 0.6 is 11.8 Å². The maximum absolute atomic E-state index is 10.8. The molecule has 108 valence electrons. The van der Waals surface area contributed by atoms with E-state index in [2.05, 4.69) is 4.98 Å². The van der Waals surface area contributed by atoms with E-state index in [0.717, 1.165) is 24.5 Å². The molecular weight excluding hydrogens is 274 g/mol. The fourth-order valence-electron chi connectivity index (χ4n) is 3.20. The van der Waals surface area contributed by atoms with Gasteiger partial charge in [-0.05, 0) is 37.8 Å². The van der Waals surface area contributed by atoms with Gasteiger partial charge >= 0.3 is 5.97 Å². The van der Waals surface area contributed by atoms with Gasteiger partial charge in [-0.25, -0.2) is 9.78 Å². The summed E-state index contributed by atoms with van der Waals surface area (Å²) in [7, 11) is 0. The molecule has 4 nitrogen and oxygen atoms in total. The quantitative estimate of drug-likeness (QED) is 0.926. The average Bonchev–Trinajstić information content (AvgIpc) is 2.87. The van der Waals surface area contributed by atoms with Gasteiger partial charge in [-0.15, -0.1) is 11.8 Å². The highest BCUT2D eigenvalue weighted by Gasteiger charge is 2.40. The second-order valence-corrected chi connectivity index (χ2v) is 6.98. The van der Waals surface area contributed by atoms with Gasteiger partial charge in [0, 0.05) is 18.1 Å². The third-order valence-electron chi connectivity index (χ3n) is 4.23. The van der Waals surface area contributed by atoms with Gasteiger partial charge in [0.15, 0.2) is 0 Å². The molecular formula is C15H19NO3S. The maximum Gasteiger partial charge on any atom is 0.337 e. The van der Waals surface area contributed by atoms with Gasteiger partial charge < -0.3 is 9.84 Å². The predicted octanol–water partition coefficient (Wildman–Crippen LogP) is 3.36. The van der Waals surface area contributed by atoms with Gasteiger partial charge in [0.2, 0.25) is 0 Å². The molecule has 1 saturated heterocycles. The first kappa shape index (κ1) is 13.9. The predicted molar refractivity (Wildman–Crippen MR) is 77.2 cm³/mol. The lowest BCUT2D eigenvalue weighted by atomic mass is 9.92. The first-order valence-corrected chi connectivity index (χ1v) is 8.05. The number of aromatic nitrogens is 1. The largest absolute Gasteiger partial charge is 0.478 e. The second-order valence-electron chi connectivity index (χ2n) is 5.66. The Morgan fingerprint density at radius 3 is 2.85 bits per heavy atom. The van der Waals surface area contributed by atoms with Crippen molar-refractivity contribution in [1.82, 2.24) is 4.98 Å². The van der Waals surface area contributed by atoms with Crippen molar-refractivity contribution >= 4 is 17.7 Å². The van der Waals surface area contributed by atoms with Gasteiger partial charge in [-0.2, -0.15) is 0 Å². The summed E-state index contributed by atoms with van der Waals surface area (Å²) in [6.45, 7) is 0.838. The Labute approximate surface area is 122 Å². The van der Waals surface area contributed by atoms with Crippen LogP contribution < -0.4 is 0 Å². The molecule has 0 amide bonds. The summed E-state index contributed by atoms with van der Waals surface area (Å²) in [5, 5.41) is 10.3. The lowest BCUT2D eigenvalue weighted by Crippen LogP contribution is -2.38. The van der Waals surface area contributed by atoms with Gasteiger partial charge in [-0.3, -0.25) is 0 Å². The number of hydrogen-bond donors (Lipinski definition) is 1. The van der Waals surface area contributed by atoms with E-state index in [4.69, 9.17) is 9.84 Å². The Morgan fingerprint density at radius 1 is 1.40 bits per heavy atom. The molecule has 2 heterocycles. The Kier molecular flexibility index (Phi) is 3.98. The Balaban J connectivity index is 1.63. The SMILES string of the molecule is O=C(O)c1ccc(SC2CCOC3(CCCC3)C2)nc1. The number of aromatic carboxylic acids is 1. The summed E-state index contributed by atoms with van der Waals surface area (Å²) in [5.74, 6) is -0.926. The van der Waals surface area contributed by atoms with E-state index in [-0.39, 0.29) is 11.2 Å². The van der Waals surface area contributed by atoms with E-state index in [1.54, 1.807) is 17.8 Å². The summed E-state index contributed by atoms with van der Waals surface area (Å²) >= 11 is 1.76. The molecule has 1 unspecified atom stereocenters. The molecule has 1 spiro atoms. The van der Waals surface area contributed by atoms with Crippen molar-refractivity contribution in [2.75, 3.05) is 6.61 Å². The summed E-state index contributed by atoms with van der Waals surface area (Å²) in [4.78, 5) is 15.1. The van der Waals surface area contributed by atoms with Crippen molar-refractivity contribution < 1.29 is 14.6 Å². The number of carbonyl (C=O) groups is 1. The van der Waals surface area contributed by atoms with Gasteiger partial charge in [-0.1, -0.05) is 12.8 Å². The van der Waals surface area contributed by atoms with Gasteiger partial charge in [0.05, 0.1) is 16.2 Å². The van der Waals surface area contributed by atoms with Crippen molar-refractivity contribution in [3.63, 3.8) is 0 Å². The number of thioether (sulfide) groups is 1. The first-order valence-electron chi connectivity index (χ1n) is 7.17. The zero-order valence-corrected chi connectivity index (χ0v) is 12.2. The lowest BCUT2D eigenvalue weighted by molar-refractivity contribution is -0.0704. The van der Waals surface area contributed by atoms with Crippen molar-refractivity contribution in [3.05, 3.63) is 23.9 Å². The molecule has 1 aliphatic carbocycles. The van der Waals surface area contributed by atoms with Crippen LogP contribution in [0.2, 0.25) is 0 Å². The molecule has 1 atom stereocenters. The molecule has 1 aromatic heterocycles. The number of carboxylic acid groups (broad SMARTS) is 1. The molecule has 0 radical (unpaired) electrons. The van der Waals surface area contributed by atoms with Crippen molar-refractivity contribution in [2.24, 2.45) is 0 Å². The highest BCUT2D eigenvalue weighted by molar-refractivity contribution is 7.99. The molecule has 20 heavy (non-hydrogen) atoms. The third kappa shape index (κ3) is 2.99. The van der Waals surface area contributed by atoms with Crippen LogP contribution in [0.5, 0.6) is 0 Å². The van der Waals surface area contributed by atoms with Crippen molar-refractivity contribution in [1.29, 1.82) is 0 Å². The Morgan fingerprint density at radius 2 is 2.20 bits per heavy atom. The number of carboxylic acids is 1. The van der Waals surface area contributed by atoms with Crippen LogP contribution in [0.1, 0.15) is 48.9 Å². The second kappa shape index (κ2) is 5.74. The fourth-order valence-corrected chi connectivity index (χ4v) is 4.40. The lowest BCUT2D eigenvalue weighted by Gasteiger charge is -2.37. The van der Waals surface area contributed by atoms with Crippen LogP contribution in [0.3, 0.4) is 0 Å². The van der Waals surface area contributed by atoms with Crippen LogP contribution in [0, 0.1) is 0 Å². The summed E-state index contributed by atoms with van der Waals surface area (Å²) in [6.07, 6.45) is 8.53. The number of hydrogen-bond acceptors (Lipinski definition) is 4. The maximum atomic E-state index is 10.8. The van der Waals surface area contributed by atoms with E-state index in [9.17, 15) is 4.79 Å². The van der Waals surface area contributed by atoms with Crippen LogP contribution in [-0.4, -0.2) is 33.5 Å². The smallest absolute Gasteiger partial charge is 0.337 e. The van der Waals surface area contributed by atoms with E-state index >= 15 is 0 Å². The van der Waals surface area contributed by atoms with E-state index < -0.39 is 5.97 Å². The Bertz CT molecular complexity index is 482. The molecule has 1 aromatic rings. The molecule has 3 rings (SSSR count). The first-order chi connectivity index (χ1) is 9.67. The fraction of sp³-hybridized carbons (Fsp3) is 0.600. The minimum atomic E-state index is -0.926. The summed E-state index contributed by atoms with van der Waals surface area (Å²) < 4.78 is 6.03. The molecule has 0 bridgehead atoms. The molecule has 5 heteroatoms. The topological polar surface area (TPSA) is 59.4 Å². The Hall–Kier alpha value is -1.07. The highest BCUT2D eigenvalue weighted by atomic mass is 32.2. The van der Waals surface area contributed by atoms with Gasteiger partial charge in [0.1, 0.15) is 0 Å². The van der Waals surface area contributed by atoms with Gasteiger partial charge in [0.25, 0.3) is 0 Å². The zero-order chi connectivity index (χ0) is 14.0. The summed E-state index contributed by atoms with van der Waals surface area (Å²) in [6, 6.07) is 3.44. The third-order valence-corrected chi connectivity index (χ3v) is 5.45. The zero-order valence-electron chi connectivity index (χ0n) is 11.4. The van der Waals surface area contributed by atoms with Crippen LogP contribution in [0.15, 0.2) is 23.4 Å². The average molecular weight is 293 g/mol. The van der Waals surface area contributed by atoms with Crippen LogP contribution in [-0.2, 0) is 4.74 Å². The molecule has 0 aromatic carbocycles. The van der Waals surface area contributed by atoms with Crippen molar-refractivity contribution in [3.8, 4) is 0 Å². The molecule has 2 fully saturated rings. The molecule has 1 N–H and O–H groups in total. The molecule has 2 aliphatic rings. The highest BCUT2D eigenvalue weighted by Crippen LogP contribution is 2.44. The monoisotopic (exact) mass is 293 g/mol. The number of pyridine rings is 1. The van der Waals surface area contributed by atoms with E-state index in [0.29, 0.717) is 5.25 Å². The minimum absolute atomic E-state index is 0.122. The standard InChI is InChI=1S/C15H19NO3S/c17-14(18)11-3-4-13(16-10-11)20-12-5-8-19-15(9-12)6-1-2-7-15/h3-4,10,12H,1-2,5-9H2,(H,17,18). The number of rotatable bonds is 3. The van der Waals surface area contributed by atoms with Crippen LogP contribution in [0.25, 0.3) is 0 Å².